The predicted octanol–water partition coefficient (Wildman–Crippen LogP) is 5.91. The molecule has 0 atom stereocenters. The highest BCUT2D eigenvalue weighted by Crippen LogP contribution is 2.32. The van der Waals surface area contributed by atoms with Crippen LogP contribution < -0.4 is 25.0 Å². The van der Waals surface area contributed by atoms with Crippen molar-refractivity contribution in [2.24, 2.45) is 4.99 Å². The molecule has 0 bridgehead atoms. The van der Waals surface area contributed by atoms with Gasteiger partial charge in [-0.1, -0.05) is 23.9 Å². The standard InChI is InChI=1S/C30H28F3N7O5S/c1-18-4-5-19(15-43-2)24(12-18)40-27(41)16-46-29(40)37-28(42)36-20-6-11-23(25(13-20)44-3)34-14-26-35-17-39(38-26)21-7-9-22(10-8-21)45-30(31,32)33/h4-13,17,34H,14-16H2,1-3H3,(H,36,42)/b37-29-. The van der Waals surface area contributed by atoms with Crippen LogP contribution >= 0.6 is 11.8 Å². The van der Waals surface area contributed by atoms with Gasteiger partial charge < -0.3 is 24.8 Å². The zero-order valence-electron chi connectivity index (χ0n) is 24.8. The highest BCUT2D eigenvalue weighted by molar-refractivity contribution is 8.15. The summed E-state index contributed by atoms with van der Waals surface area (Å²) in [7, 11) is 3.04. The van der Waals surface area contributed by atoms with E-state index in [1.165, 1.54) is 59.0 Å². The van der Waals surface area contributed by atoms with Crippen molar-refractivity contribution >= 4 is 45.9 Å². The maximum absolute atomic E-state index is 12.9. The molecule has 16 heteroatoms. The molecule has 0 unspecified atom stereocenters. The van der Waals surface area contributed by atoms with Gasteiger partial charge in [-0.2, -0.15) is 4.99 Å². The van der Waals surface area contributed by atoms with E-state index in [9.17, 15) is 22.8 Å². The fourth-order valence-electron chi connectivity index (χ4n) is 4.47. The first-order valence-corrected chi connectivity index (χ1v) is 14.6. The molecule has 0 aliphatic carbocycles. The van der Waals surface area contributed by atoms with E-state index in [2.05, 4.69) is 30.4 Å². The highest BCUT2D eigenvalue weighted by Gasteiger charge is 2.32. The van der Waals surface area contributed by atoms with Crippen LogP contribution in [-0.4, -0.2) is 58.2 Å². The number of alkyl halides is 3. The summed E-state index contributed by atoms with van der Waals surface area (Å²) in [5.41, 5.74) is 3.85. The summed E-state index contributed by atoms with van der Waals surface area (Å²) in [6.45, 7) is 2.40. The summed E-state index contributed by atoms with van der Waals surface area (Å²) < 4.78 is 53.3. The monoisotopic (exact) mass is 655 g/mol. The number of amidine groups is 1. The number of ether oxygens (including phenoxy) is 3. The van der Waals surface area contributed by atoms with E-state index < -0.39 is 12.4 Å². The van der Waals surface area contributed by atoms with Crippen molar-refractivity contribution in [3.63, 3.8) is 0 Å². The third-order valence-electron chi connectivity index (χ3n) is 6.51. The van der Waals surface area contributed by atoms with E-state index >= 15 is 0 Å². The number of nitrogens with one attached hydrogen (secondary N) is 2. The molecule has 1 aliphatic rings. The Morgan fingerprint density at radius 1 is 1.09 bits per heavy atom. The first-order valence-electron chi connectivity index (χ1n) is 13.7. The Morgan fingerprint density at radius 3 is 2.59 bits per heavy atom. The number of rotatable bonds is 10. The number of carbonyl (C=O) groups is 2. The average Bonchev–Trinajstić information content (AvgIpc) is 3.63. The number of hydrogen-bond acceptors (Lipinski definition) is 9. The van der Waals surface area contributed by atoms with Crippen molar-refractivity contribution in [1.29, 1.82) is 0 Å². The molecule has 1 aliphatic heterocycles. The largest absolute Gasteiger partial charge is 0.573 e. The second-order valence-electron chi connectivity index (χ2n) is 9.82. The van der Waals surface area contributed by atoms with Crippen LogP contribution in [0, 0.1) is 6.92 Å². The van der Waals surface area contributed by atoms with Gasteiger partial charge in [-0.3, -0.25) is 9.69 Å². The molecule has 3 amide bonds. The molecule has 3 aromatic carbocycles. The van der Waals surface area contributed by atoms with E-state index in [1.54, 1.807) is 25.3 Å². The molecule has 1 fully saturated rings. The van der Waals surface area contributed by atoms with Gasteiger partial charge in [0.05, 0.1) is 43.1 Å². The lowest BCUT2D eigenvalue weighted by Crippen LogP contribution is -2.31. The number of carbonyl (C=O) groups excluding carboxylic acids is 2. The molecule has 240 valence electrons. The van der Waals surface area contributed by atoms with Crippen molar-refractivity contribution in [2.75, 3.05) is 35.5 Å². The SMILES string of the molecule is COCc1ccc(C)cc1N1C(=O)CS/C1=N\C(=O)Nc1ccc(NCc2ncn(-c3ccc(OC(F)(F)F)cc3)n2)c(OC)c1. The van der Waals surface area contributed by atoms with Crippen molar-refractivity contribution < 1.29 is 37.0 Å². The third kappa shape index (κ3) is 7.94. The molecule has 4 aromatic rings. The number of hydrogen-bond donors (Lipinski definition) is 2. The van der Waals surface area contributed by atoms with Gasteiger partial charge >= 0.3 is 12.4 Å². The number of thioether (sulfide) groups is 1. The van der Waals surface area contributed by atoms with Crippen molar-refractivity contribution in [1.82, 2.24) is 14.8 Å². The van der Waals surface area contributed by atoms with Gasteiger partial charge in [0.2, 0.25) is 5.91 Å². The zero-order valence-corrected chi connectivity index (χ0v) is 25.6. The van der Waals surface area contributed by atoms with Gasteiger partial charge in [0.25, 0.3) is 0 Å². The number of aliphatic imine (C=N–C) groups is 1. The number of benzene rings is 3. The van der Waals surface area contributed by atoms with Crippen LogP contribution in [-0.2, 0) is 22.7 Å². The summed E-state index contributed by atoms with van der Waals surface area (Å²) in [6, 6.07) is 15.2. The summed E-state index contributed by atoms with van der Waals surface area (Å²) in [5.74, 6) is 0.439. The van der Waals surface area contributed by atoms with Gasteiger partial charge in [0.1, 0.15) is 17.8 Å². The van der Waals surface area contributed by atoms with Crippen molar-refractivity contribution in [2.45, 2.75) is 26.4 Å². The maximum Gasteiger partial charge on any atom is 0.573 e. The summed E-state index contributed by atoms with van der Waals surface area (Å²) in [4.78, 5) is 35.5. The van der Waals surface area contributed by atoms with Crippen LogP contribution in [0.25, 0.3) is 5.69 Å². The Labute approximate surface area is 265 Å². The number of aromatic nitrogens is 3. The number of aryl methyl sites for hydroxylation is 1. The number of methoxy groups -OCH3 is 2. The lowest BCUT2D eigenvalue weighted by Gasteiger charge is -2.20. The number of halogens is 3. The lowest BCUT2D eigenvalue weighted by molar-refractivity contribution is -0.274. The molecule has 12 nitrogen and oxygen atoms in total. The molecule has 0 spiro atoms. The van der Waals surface area contributed by atoms with E-state index in [0.717, 1.165) is 11.1 Å². The smallest absolute Gasteiger partial charge is 0.495 e. The molecule has 46 heavy (non-hydrogen) atoms. The van der Waals surface area contributed by atoms with Crippen molar-refractivity contribution in [3.05, 3.63) is 83.9 Å². The number of anilines is 3. The van der Waals surface area contributed by atoms with Crippen LogP contribution in [0.3, 0.4) is 0 Å². The first-order chi connectivity index (χ1) is 22.0. The van der Waals surface area contributed by atoms with Gasteiger partial charge in [0.15, 0.2) is 11.0 Å². The molecule has 5 rings (SSSR count). The molecular formula is C30H28F3N7O5S. The van der Waals surface area contributed by atoms with Gasteiger partial charge in [0, 0.05) is 24.4 Å². The number of nitrogens with zero attached hydrogens (tertiary/aromatic N) is 5. The van der Waals surface area contributed by atoms with Crippen LogP contribution in [0.15, 0.2) is 72.0 Å². The summed E-state index contributed by atoms with van der Waals surface area (Å²) in [5, 5.41) is 10.5. The predicted molar refractivity (Wildman–Crippen MR) is 167 cm³/mol. The minimum absolute atomic E-state index is 0.150. The molecule has 1 aromatic heterocycles. The Bertz CT molecular complexity index is 1760. The Kier molecular flexibility index (Phi) is 9.77. The van der Waals surface area contributed by atoms with Crippen LogP contribution in [0.5, 0.6) is 11.5 Å². The molecule has 0 radical (unpaired) electrons. The maximum atomic E-state index is 12.9. The average molecular weight is 656 g/mol. The van der Waals surface area contributed by atoms with Gasteiger partial charge in [-0.25, -0.2) is 14.5 Å². The van der Waals surface area contributed by atoms with Crippen LogP contribution in [0.2, 0.25) is 0 Å². The zero-order chi connectivity index (χ0) is 32.8. The van der Waals surface area contributed by atoms with Crippen LogP contribution in [0.4, 0.5) is 35.0 Å². The Balaban J connectivity index is 1.23. The number of urea groups is 1. The van der Waals surface area contributed by atoms with E-state index in [0.29, 0.717) is 40.9 Å². The van der Waals surface area contributed by atoms with Crippen LogP contribution in [0.1, 0.15) is 17.0 Å². The highest BCUT2D eigenvalue weighted by atomic mass is 32.2. The molecule has 2 heterocycles. The Hall–Kier alpha value is -5.09. The fraction of sp³-hybridized carbons (Fsp3) is 0.233. The van der Waals surface area contributed by atoms with E-state index in [1.807, 2.05) is 25.1 Å². The quantitative estimate of drug-likeness (QED) is 0.214. The second-order valence-corrected chi connectivity index (χ2v) is 10.8. The number of amides is 3. The minimum Gasteiger partial charge on any atom is -0.495 e. The first kappa shape index (κ1) is 32.3. The molecular weight excluding hydrogens is 627 g/mol. The topological polar surface area (TPSA) is 132 Å². The second kappa shape index (κ2) is 13.9. The van der Waals surface area contributed by atoms with Gasteiger partial charge in [-0.05, 0) is 55.0 Å². The Morgan fingerprint density at radius 2 is 1.87 bits per heavy atom. The van der Waals surface area contributed by atoms with Gasteiger partial charge in [-0.15, -0.1) is 18.3 Å². The normalized spacial score (nSPS) is 14.1. The fourth-order valence-corrected chi connectivity index (χ4v) is 5.33. The summed E-state index contributed by atoms with van der Waals surface area (Å²) in [6.07, 6.45) is -3.34. The summed E-state index contributed by atoms with van der Waals surface area (Å²) >= 11 is 1.17. The molecule has 2 N–H and O–H groups in total. The van der Waals surface area contributed by atoms with E-state index in [4.69, 9.17) is 9.47 Å². The third-order valence-corrected chi connectivity index (χ3v) is 7.43. The molecule has 1 saturated heterocycles. The molecule has 0 saturated carbocycles. The van der Waals surface area contributed by atoms with E-state index in [-0.39, 0.29) is 29.1 Å². The van der Waals surface area contributed by atoms with Crippen molar-refractivity contribution in [3.8, 4) is 17.2 Å². The lowest BCUT2D eigenvalue weighted by atomic mass is 10.1. The minimum atomic E-state index is -4.78.